The number of fused-ring (bicyclic) bond motifs is 2. The van der Waals surface area contributed by atoms with Crippen molar-refractivity contribution in [3.05, 3.63) is 35.2 Å². The summed E-state index contributed by atoms with van der Waals surface area (Å²) in [5.74, 6) is 1.47. The molecule has 1 aliphatic carbocycles. The van der Waals surface area contributed by atoms with E-state index < -0.39 is 0 Å². The number of hydrogen-bond donors (Lipinski definition) is 4. The summed E-state index contributed by atoms with van der Waals surface area (Å²) in [7, 11) is 0. The number of hydrogen-bond acceptors (Lipinski definition) is 6. The normalized spacial score (nSPS) is 24.5. The minimum Gasteiger partial charge on any atom is -0.483 e. The Morgan fingerprint density at radius 2 is 2.09 bits per heavy atom. The highest BCUT2D eigenvalue weighted by Gasteiger charge is 2.53. The summed E-state index contributed by atoms with van der Waals surface area (Å²) in [4.78, 5) is 33.1. The van der Waals surface area contributed by atoms with Gasteiger partial charge >= 0.3 is 0 Å². The third kappa shape index (κ3) is 4.56. The number of carboxylic acid groups (broad SMARTS) is 1. The fourth-order valence-corrected chi connectivity index (χ4v) is 5.56. The maximum Gasteiger partial charge on any atom is 0.290 e. The van der Waals surface area contributed by atoms with E-state index in [0.717, 1.165) is 50.5 Å². The van der Waals surface area contributed by atoms with Gasteiger partial charge in [0.05, 0.1) is 18.8 Å². The number of H-pyrrole nitrogens is 2. The fourth-order valence-electron chi connectivity index (χ4n) is 5.56. The van der Waals surface area contributed by atoms with Crippen LogP contribution in [0.15, 0.2) is 12.4 Å². The molecule has 4 heterocycles. The van der Waals surface area contributed by atoms with Gasteiger partial charge in [-0.25, -0.2) is 4.98 Å². The molecule has 2 atom stereocenters. The van der Waals surface area contributed by atoms with Crippen LogP contribution in [0.2, 0.25) is 0 Å². The summed E-state index contributed by atoms with van der Waals surface area (Å²) in [5.41, 5.74) is 3.50. The number of aliphatic hydroxyl groups is 1. The highest BCUT2D eigenvalue weighted by atomic mass is 16.3. The van der Waals surface area contributed by atoms with Gasteiger partial charge in [-0.15, -0.1) is 0 Å². The Hall–Kier alpha value is -2.72. The van der Waals surface area contributed by atoms with Crippen molar-refractivity contribution in [3.63, 3.8) is 0 Å². The van der Waals surface area contributed by atoms with Crippen molar-refractivity contribution in [1.82, 2.24) is 30.0 Å². The minimum atomic E-state index is -0.250. The molecule has 0 bridgehead atoms. The lowest BCUT2D eigenvalue weighted by molar-refractivity contribution is -0.131. The number of imidazole rings is 1. The summed E-state index contributed by atoms with van der Waals surface area (Å²) < 4.78 is 0. The number of aliphatic hydroxyl groups excluding tert-OH is 1. The van der Waals surface area contributed by atoms with Crippen molar-refractivity contribution in [1.29, 1.82) is 0 Å². The lowest BCUT2D eigenvalue weighted by Crippen LogP contribution is -2.39. The van der Waals surface area contributed by atoms with Crippen LogP contribution in [0.4, 0.5) is 0 Å². The molecule has 2 fully saturated rings. The minimum absolute atomic E-state index is 0.128. The van der Waals surface area contributed by atoms with Crippen molar-refractivity contribution in [2.45, 2.75) is 45.1 Å². The van der Waals surface area contributed by atoms with Crippen LogP contribution in [0.1, 0.15) is 42.0 Å². The molecule has 0 aromatic carbocycles. The van der Waals surface area contributed by atoms with E-state index in [1.54, 1.807) is 6.20 Å². The monoisotopic (exact) mass is 444 g/mol. The lowest BCUT2D eigenvalue weighted by atomic mass is 9.82. The number of aromatic nitrogens is 4. The number of carbonyl (C=O) groups is 2. The van der Waals surface area contributed by atoms with Gasteiger partial charge in [0, 0.05) is 62.5 Å². The second-order valence-corrected chi connectivity index (χ2v) is 9.14. The van der Waals surface area contributed by atoms with Gasteiger partial charge in [0.15, 0.2) is 0 Å². The van der Waals surface area contributed by atoms with Gasteiger partial charge in [-0.05, 0) is 37.2 Å². The molecule has 2 saturated heterocycles. The van der Waals surface area contributed by atoms with Crippen LogP contribution in [0.3, 0.4) is 0 Å². The molecule has 5 rings (SSSR count). The summed E-state index contributed by atoms with van der Waals surface area (Å²) >= 11 is 0. The van der Waals surface area contributed by atoms with E-state index in [9.17, 15) is 9.90 Å². The van der Waals surface area contributed by atoms with Crippen molar-refractivity contribution in [2.75, 3.05) is 32.8 Å². The van der Waals surface area contributed by atoms with Gasteiger partial charge < -0.3 is 20.1 Å². The molecule has 2 aromatic rings. The molecule has 3 aliphatic rings. The first-order valence-electron chi connectivity index (χ1n) is 11.3. The molecule has 2 aromatic heterocycles. The van der Waals surface area contributed by atoms with Crippen LogP contribution < -0.4 is 0 Å². The van der Waals surface area contributed by atoms with Crippen LogP contribution in [0.5, 0.6) is 0 Å². The summed E-state index contributed by atoms with van der Waals surface area (Å²) in [6, 6.07) is 0. The molecule has 174 valence electrons. The van der Waals surface area contributed by atoms with E-state index in [4.69, 9.17) is 9.90 Å². The standard InChI is InChI=1S/C21H30N6O2.CH2O2/c28-14-21-12-26(11-19-22-7-8-23-19)9-15(21)10-27(13-21)20(29)6-5-18-16-3-1-2-4-17(16)24-25-18;2-1-3/h7-8,15,28H,1-6,9-14H2,(H,22,23)(H,24,25);1H,(H,2,3). The third-order valence-corrected chi connectivity index (χ3v) is 7.14. The zero-order valence-corrected chi connectivity index (χ0v) is 18.3. The number of amides is 1. The van der Waals surface area contributed by atoms with Crippen LogP contribution >= 0.6 is 0 Å². The average Bonchev–Trinajstić information content (AvgIpc) is 3.56. The highest BCUT2D eigenvalue weighted by Crippen LogP contribution is 2.42. The van der Waals surface area contributed by atoms with Crippen LogP contribution in [0, 0.1) is 11.3 Å². The van der Waals surface area contributed by atoms with Gasteiger partial charge in [0.2, 0.25) is 5.91 Å². The summed E-state index contributed by atoms with van der Waals surface area (Å²) in [5, 5.41) is 24.7. The Bertz CT molecular complexity index is 914. The van der Waals surface area contributed by atoms with Gasteiger partial charge in [-0.1, -0.05) is 0 Å². The van der Waals surface area contributed by atoms with Crippen LogP contribution in [0.25, 0.3) is 0 Å². The van der Waals surface area contributed by atoms with Crippen LogP contribution in [-0.2, 0) is 35.4 Å². The van der Waals surface area contributed by atoms with Crippen molar-refractivity contribution >= 4 is 12.4 Å². The molecular weight excluding hydrogens is 412 g/mol. The second-order valence-electron chi connectivity index (χ2n) is 9.14. The number of aryl methyl sites for hydroxylation is 2. The molecule has 2 aliphatic heterocycles. The van der Waals surface area contributed by atoms with Gasteiger partial charge in [0.1, 0.15) is 5.82 Å². The van der Waals surface area contributed by atoms with Gasteiger partial charge in [0.25, 0.3) is 6.47 Å². The first-order valence-corrected chi connectivity index (χ1v) is 11.3. The number of carbonyl (C=O) groups excluding carboxylic acids is 1. The third-order valence-electron chi connectivity index (χ3n) is 7.14. The molecule has 32 heavy (non-hydrogen) atoms. The largest absolute Gasteiger partial charge is 0.483 e. The molecule has 2 unspecified atom stereocenters. The van der Waals surface area contributed by atoms with E-state index >= 15 is 0 Å². The molecule has 10 heteroatoms. The van der Waals surface area contributed by atoms with Gasteiger partial charge in [-0.2, -0.15) is 5.10 Å². The van der Waals surface area contributed by atoms with Gasteiger partial charge in [-0.3, -0.25) is 19.6 Å². The van der Waals surface area contributed by atoms with E-state index in [1.807, 2.05) is 11.1 Å². The number of nitrogens with zero attached hydrogens (tertiary/aromatic N) is 4. The number of rotatable bonds is 6. The molecule has 0 spiro atoms. The predicted molar refractivity (Wildman–Crippen MR) is 116 cm³/mol. The Balaban J connectivity index is 0.000000775. The van der Waals surface area contributed by atoms with E-state index in [-0.39, 0.29) is 24.4 Å². The number of aromatic amines is 2. The van der Waals surface area contributed by atoms with Crippen molar-refractivity contribution in [2.24, 2.45) is 11.3 Å². The summed E-state index contributed by atoms with van der Waals surface area (Å²) in [6.07, 6.45) is 9.43. The maximum atomic E-state index is 12.9. The molecule has 0 radical (unpaired) electrons. The zero-order chi connectivity index (χ0) is 22.6. The SMILES string of the molecule is O=C(CCc1n[nH]c2c1CCCC2)N1CC2CN(Cc3ncc[nH]3)CC2(CO)C1.O=CO. The number of nitrogens with one attached hydrogen (secondary N) is 2. The highest BCUT2D eigenvalue weighted by molar-refractivity contribution is 5.77. The van der Waals surface area contributed by atoms with Crippen molar-refractivity contribution in [3.8, 4) is 0 Å². The predicted octanol–water partition coefficient (Wildman–Crippen LogP) is 0.598. The molecular formula is C22H32N6O4. The molecule has 1 amide bonds. The number of likely N-dealkylation sites (tertiary alicyclic amines) is 2. The molecule has 4 N–H and O–H groups in total. The quantitative estimate of drug-likeness (QED) is 0.479. The average molecular weight is 445 g/mol. The topological polar surface area (TPSA) is 138 Å². The van der Waals surface area contributed by atoms with E-state index in [1.165, 1.54) is 24.1 Å². The van der Waals surface area contributed by atoms with E-state index in [0.29, 0.717) is 25.3 Å². The van der Waals surface area contributed by atoms with Crippen LogP contribution in [-0.4, -0.2) is 85.3 Å². The van der Waals surface area contributed by atoms with Crippen molar-refractivity contribution < 1.29 is 19.8 Å². The Kier molecular flexibility index (Phi) is 6.90. The Morgan fingerprint density at radius 3 is 2.81 bits per heavy atom. The summed E-state index contributed by atoms with van der Waals surface area (Å²) in [6.45, 7) is 3.75. The Labute approximate surface area is 187 Å². The first-order chi connectivity index (χ1) is 15.6. The first kappa shape index (κ1) is 22.5. The second kappa shape index (κ2) is 9.83. The zero-order valence-electron chi connectivity index (χ0n) is 18.3. The molecule has 10 nitrogen and oxygen atoms in total. The Morgan fingerprint density at radius 1 is 1.28 bits per heavy atom. The fraction of sp³-hybridized carbons (Fsp3) is 0.636. The smallest absolute Gasteiger partial charge is 0.290 e. The van der Waals surface area contributed by atoms with E-state index in [2.05, 4.69) is 25.1 Å². The maximum absolute atomic E-state index is 12.9. The lowest BCUT2D eigenvalue weighted by Gasteiger charge is -2.27. The molecule has 0 saturated carbocycles.